The Morgan fingerprint density at radius 2 is 2.06 bits per heavy atom. The molecule has 0 radical (unpaired) electrons. The Bertz CT molecular complexity index is 347. The molecular formula is C9H14N2O5S. The van der Waals surface area contributed by atoms with Crippen LogP contribution >= 0.6 is 11.3 Å². The van der Waals surface area contributed by atoms with Gasteiger partial charge in [0.25, 0.3) is 0 Å². The van der Waals surface area contributed by atoms with Crippen LogP contribution in [0.3, 0.4) is 0 Å². The van der Waals surface area contributed by atoms with Crippen LogP contribution in [0.1, 0.15) is 0 Å². The van der Waals surface area contributed by atoms with Gasteiger partial charge in [-0.05, 0) is 0 Å². The third-order valence-corrected chi connectivity index (χ3v) is 3.29. The minimum absolute atomic E-state index is 0.443. The molecule has 8 heteroatoms. The van der Waals surface area contributed by atoms with Gasteiger partial charge in [0.15, 0.2) is 11.4 Å². The first-order valence-corrected chi connectivity index (χ1v) is 5.98. The summed E-state index contributed by atoms with van der Waals surface area (Å²) < 4.78 is 5.25. The molecule has 0 amide bonds. The number of hydrogen-bond acceptors (Lipinski definition) is 8. The molecule has 1 saturated heterocycles. The molecule has 0 bridgehead atoms. The van der Waals surface area contributed by atoms with E-state index in [-0.39, 0.29) is 0 Å². The molecule has 0 saturated carbocycles. The molecule has 1 aliphatic heterocycles. The van der Waals surface area contributed by atoms with E-state index in [1.54, 1.807) is 11.6 Å². The van der Waals surface area contributed by atoms with Crippen molar-refractivity contribution in [3.05, 3.63) is 11.6 Å². The molecule has 0 aliphatic carbocycles. The van der Waals surface area contributed by atoms with Gasteiger partial charge in [-0.15, -0.1) is 11.3 Å². The zero-order valence-electron chi connectivity index (χ0n) is 8.80. The minimum atomic E-state index is -1.38. The van der Waals surface area contributed by atoms with Crippen molar-refractivity contribution < 1.29 is 25.2 Å². The summed E-state index contributed by atoms with van der Waals surface area (Å²) in [5, 5.41) is 42.9. The van der Waals surface area contributed by atoms with E-state index in [9.17, 15) is 15.3 Å². The van der Waals surface area contributed by atoms with Gasteiger partial charge in [-0.25, -0.2) is 4.98 Å². The second-order valence-electron chi connectivity index (χ2n) is 3.73. The van der Waals surface area contributed by atoms with Gasteiger partial charge >= 0.3 is 0 Å². The zero-order chi connectivity index (χ0) is 12.4. The molecule has 5 atom stereocenters. The number of nitrogens with zero attached hydrogens (tertiary/aromatic N) is 1. The van der Waals surface area contributed by atoms with Crippen LogP contribution in [0, 0.1) is 0 Å². The number of thiazole rings is 1. The summed E-state index contributed by atoms with van der Waals surface area (Å²) in [6.45, 7) is -0.443. The fraction of sp³-hybridized carbons (Fsp3) is 0.667. The Hall–Kier alpha value is -0.770. The van der Waals surface area contributed by atoms with Crippen molar-refractivity contribution in [1.82, 2.24) is 4.98 Å². The Morgan fingerprint density at radius 3 is 2.65 bits per heavy atom. The maximum absolute atomic E-state index is 9.72. The molecule has 7 nitrogen and oxygen atoms in total. The van der Waals surface area contributed by atoms with E-state index >= 15 is 0 Å². The number of ether oxygens (including phenoxy) is 1. The highest BCUT2D eigenvalue weighted by molar-refractivity contribution is 7.13. The van der Waals surface area contributed by atoms with E-state index in [1.807, 2.05) is 0 Å². The lowest BCUT2D eigenvalue weighted by molar-refractivity contribution is -0.221. The van der Waals surface area contributed by atoms with Crippen molar-refractivity contribution in [1.29, 1.82) is 0 Å². The monoisotopic (exact) mass is 262 g/mol. The zero-order valence-corrected chi connectivity index (χ0v) is 9.62. The van der Waals surface area contributed by atoms with E-state index in [1.165, 1.54) is 11.3 Å². The number of rotatable bonds is 3. The molecule has 17 heavy (non-hydrogen) atoms. The van der Waals surface area contributed by atoms with Crippen molar-refractivity contribution in [2.75, 3.05) is 11.9 Å². The average Bonchev–Trinajstić information content (AvgIpc) is 2.83. The lowest BCUT2D eigenvalue weighted by Gasteiger charge is -2.40. The largest absolute Gasteiger partial charge is 0.394 e. The first-order valence-electron chi connectivity index (χ1n) is 5.10. The van der Waals surface area contributed by atoms with E-state index in [4.69, 9.17) is 9.84 Å². The summed E-state index contributed by atoms with van der Waals surface area (Å²) in [5.41, 5.74) is 0. The minimum Gasteiger partial charge on any atom is -0.394 e. The molecule has 0 aromatic carbocycles. The quantitative estimate of drug-likeness (QED) is 0.443. The van der Waals surface area contributed by atoms with Crippen LogP contribution in [0.4, 0.5) is 5.13 Å². The predicted molar refractivity (Wildman–Crippen MR) is 59.5 cm³/mol. The molecule has 0 unspecified atom stereocenters. The van der Waals surface area contributed by atoms with Gasteiger partial charge in [-0.1, -0.05) is 0 Å². The van der Waals surface area contributed by atoms with Crippen molar-refractivity contribution >= 4 is 16.5 Å². The van der Waals surface area contributed by atoms with Gasteiger partial charge < -0.3 is 30.5 Å². The Morgan fingerprint density at radius 1 is 1.29 bits per heavy atom. The van der Waals surface area contributed by atoms with E-state index in [2.05, 4.69) is 10.3 Å². The maximum Gasteiger partial charge on any atom is 0.184 e. The smallest absolute Gasteiger partial charge is 0.184 e. The number of anilines is 1. The Kier molecular flexibility index (Phi) is 3.92. The second kappa shape index (κ2) is 5.25. The fourth-order valence-corrected chi connectivity index (χ4v) is 2.19. The SMILES string of the molecule is OC[C@H]1O[C@H](Nc2nccs2)[C@@H](O)[C@@H](O)[C@@H]1O. The second-order valence-corrected chi connectivity index (χ2v) is 4.63. The molecule has 1 aliphatic rings. The van der Waals surface area contributed by atoms with Gasteiger partial charge in [0.05, 0.1) is 6.61 Å². The molecule has 5 N–H and O–H groups in total. The van der Waals surface area contributed by atoms with Gasteiger partial charge in [0, 0.05) is 11.6 Å². The number of aliphatic hydroxyl groups excluding tert-OH is 4. The fourth-order valence-electron chi connectivity index (χ4n) is 1.64. The molecule has 0 spiro atoms. The molecule has 1 fully saturated rings. The summed E-state index contributed by atoms with van der Waals surface area (Å²) in [5.74, 6) is 0. The van der Waals surface area contributed by atoms with Crippen LogP contribution < -0.4 is 5.32 Å². The van der Waals surface area contributed by atoms with Crippen molar-refractivity contribution in [2.24, 2.45) is 0 Å². The summed E-state index contributed by atoms with van der Waals surface area (Å²) in [6.07, 6.45) is -4.27. The van der Waals surface area contributed by atoms with E-state index in [0.717, 1.165) is 0 Å². The highest BCUT2D eigenvalue weighted by Crippen LogP contribution is 2.23. The van der Waals surface area contributed by atoms with Crippen molar-refractivity contribution in [3.63, 3.8) is 0 Å². The summed E-state index contributed by atoms with van der Waals surface area (Å²) in [7, 11) is 0. The van der Waals surface area contributed by atoms with Gasteiger partial charge in [-0.2, -0.15) is 0 Å². The van der Waals surface area contributed by atoms with E-state index in [0.29, 0.717) is 5.13 Å². The van der Waals surface area contributed by atoms with Crippen molar-refractivity contribution in [2.45, 2.75) is 30.6 Å². The first-order chi connectivity index (χ1) is 8.13. The molecule has 1 aromatic rings. The summed E-state index contributed by atoms with van der Waals surface area (Å²) in [4.78, 5) is 3.95. The third-order valence-electron chi connectivity index (χ3n) is 2.59. The highest BCUT2D eigenvalue weighted by Gasteiger charge is 2.43. The molecule has 1 aromatic heterocycles. The molecular weight excluding hydrogens is 248 g/mol. The average molecular weight is 262 g/mol. The molecule has 2 heterocycles. The number of nitrogens with one attached hydrogen (secondary N) is 1. The van der Waals surface area contributed by atoms with Crippen LogP contribution in [0.2, 0.25) is 0 Å². The summed E-state index contributed by atoms with van der Waals surface area (Å²) in [6, 6.07) is 0. The lowest BCUT2D eigenvalue weighted by Crippen LogP contribution is -2.60. The normalized spacial score (nSPS) is 38.0. The Labute approximate surface area is 101 Å². The van der Waals surface area contributed by atoms with Gasteiger partial charge in [0.1, 0.15) is 24.4 Å². The topological polar surface area (TPSA) is 115 Å². The predicted octanol–water partition coefficient (Wildman–Crippen LogP) is -1.65. The van der Waals surface area contributed by atoms with Crippen LogP contribution in [-0.4, -0.2) is 62.7 Å². The number of aliphatic hydroxyl groups is 4. The van der Waals surface area contributed by atoms with Crippen LogP contribution in [0.5, 0.6) is 0 Å². The lowest BCUT2D eigenvalue weighted by atomic mass is 9.98. The van der Waals surface area contributed by atoms with Gasteiger partial charge in [0.2, 0.25) is 0 Å². The maximum atomic E-state index is 9.72. The van der Waals surface area contributed by atoms with E-state index < -0.39 is 37.3 Å². The Balaban J connectivity index is 2.06. The van der Waals surface area contributed by atoms with Crippen LogP contribution in [0.15, 0.2) is 11.6 Å². The summed E-state index contributed by atoms with van der Waals surface area (Å²) >= 11 is 1.31. The molecule has 2 rings (SSSR count). The van der Waals surface area contributed by atoms with Gasteiger partial charge in [-0.3, -0.25) is 0 Å². The standard InChI is InChI=1S/C9H14N2O5S/c12-3-4-5(13)6(14)7(15)8(16-4)11-9-10-1-2-17-9/h1-2,4-8,12-15H,3H2,(H,10,11)/t4-,5-,6+,7+,8+/m1/s1. The van der Waals surface area contributed by atoms with Crippen LogP contribution in [-0.2, 0) is 4.74 Å². The number of hydrogen-bond donors (Lipinski definition) is 5. The first kappa shape index (κ1) is 12.7. The third kappa shape index (κ3) is 2.57. The van der Waals surface area contributed by atoms with Crippen molar-refractivity contribution in [3.8, 4) is 0 Å². The molecule has 96 valence electrons. The number of aromatic nitrogens is 1. The van der Waals surface area contributed by atoms with Crippen LogP contribution in [0.25, 0.3) is 0 Å². The highest BCUT2D eigenvalue weighted by atomic mass is 32.1.